The first kappa shape index (κ1) is 14.5. The van der Waals surface area contributed by atoms with E-state index >= 15 is 0 Å². The number of hydrogen-bond donors (Lipinski definition) is 2. The lowest BCUT2D eigenvalue weighted by atomic mass is 10.1. The summed E-state index contributed by atoms with van der Waals surface area (Å²) >= 11 is 0. The molecule has 0 bridgehead atoms. The van der Waals surface area contributed by atoms with E-state index in [4.69, 9.17) is 15.6 Å². The lowest BCUT2D eigenvalue weighted by Crippen LogP contribution is -2.37. The van der Waals surface area contributed by atoms with Gasteiger partial charge in [-0.3, -0.25) is 4.79 Å². The maximum absolute atomic E-state index is 11.7. The van der Waals surface area contributed by atoms with Crippen LogP contribution in [0.5, 0.6) is 5.75 Å². The Morgan fingerprint density at radius 1 is 1.28 bits per heavy atom. The second-order valence-electron chi connectivity index (χ2n) is 4.86. The number of ether oxygens (including phenoxy) is 1. The molecule has 0 saturated heterocycles. The number of hydrogen-bond acceptors (Lipinski definition) is 4. The second kappa shape index (κ2) is 6.40. The number of benzene rings is 1. The number of rotatable bonds is 5. The zero-order valence-corrected chi connectivity index (χ0v) is 11.1. The van der Waals surface area contributed by atoms with Crippen molar-refractivity contribution >= 4 is 5.97 Å². The highest BCUT2D eigenvalue weighted by Gasteiger charge is 2.19. The topological polar surface area (TPSA) is 72.5 Å². The number of aromatic hydroxyl groups is 1. The summed E-state index contributed by atoms with van der Waals surface area (Å²) in [4.78, 5) is 11.7. The van der Waals surface area contributed by atoms with Crippen LogP contribution in [0.15, 0.2) is 24.3 Å². The standard InChI is InChI=1S/C14H21NO3/c1-9(2)10(3)18-14(17)13(15)8-11-4-6-12(16)7-5-11/h4-7,9-10,13,16H,8,15H2,1-3H3/t10?,13-/m1/s1. The Morgan fingerprint density at radius 3 is 2.33 bits per heavy atom. The van der Waals surface area contributed by atoms with Crippen LogP contribution in [0.1, 0.15) is 26.3 Å². The highest BCUT2D eigenvalue weighted by atomic mass is 16.5. The lowest BCUT2D eigenvalue weighted by molar-refractivity contribution is -0.151. The van der Waals surface area contributed by atoms with Crippen LogP contribution in [0.3, 0.4) is 0 Å². The summed E-state index contributed by atoms with van der Waals surface area (Å²) in [6, 6.07) is 5.97. The Bertz CT molecular complexity index is 387. The lowest BCUT2D eigenvalue weighted by Gasteiger charge is -2.19. The average molecular weight is 251 g/mol. The number of phenols is 1. The van der Waals surface area contributed by atoms with Crippen LogP contribution in [-0.4, -0.2) is 23.2 Å². The molecule has 3 N–H and O–H groups in total. The van der Waals surface area contributed by atoms with Gasteiger partial charge < -0.3 is 15.6 Å². The van der Waals surface area contributed by atoms with Crippen LogP contribution < -0.4 is 5.73 Å². The van der Waals surface area contributed by atoms with Crippen molar-refractivity contribution in [3.8, 4) is 5.75 Å². The average Bonchev–Trinajstić information content (AvgIpc) is 2.31. The molecule has 1 aromatic rings. The largest absolute Gasteiger partial charge is 0.508 e. The fourth-order valence-electron chi connectivity index (χ4n) is 1.38. The van der Waals surface area contributed by atoms with Crippen molar-refractivity contribution in [2.75, 3.05) is 0 Å². The molecule has 0 aliphatic rings. The third-order valence-electron chi connectivity index (χ3n) is 2.94. The molecule has 0 radical (unpaired) electrons. The van der Waals surface area contributed by atoms with Gasteiger partial charge >= 0.3 is 5.97 Å². The van der Waals surface area contributed by atoms with Crippen molar-refractivity contribution in [1.82, 2.24) is 0 Å². The van der Waals surface area contributed by atoms with Gasteiger partial charge in [0.2, 0.25) is 0 Å². The number of carbonyl (C=O) groups excluding carboxylic acids is 1. The van der Waals surface area contributed by atoms with E-state index in [1.807, 2.05) is 20.8 Å². The summed E-state index contributed by atoms with van der Waals surface area (Å²) < 4.78 is 5.26. The molecule has 0 aliphatic heterocycles. The molecule has 0 amide bonds. The molecule has 1 rings (SSSR count). The van der Waals surface area contributed by atoms with E-state index in [-0.39, 0.29) is 23.7 Å². The number of phenolic OH excluding ortho intramolecular Hbond substituents is 1. The number of nitrogens with two attached hydrogens (primary N) is 1. The van der Waals surface area contributed by atoms with Crippen molar-refractivity contribution in [3.05, 3.63) is 29.8 Å². The van der Waals surface area contributed by atoms with E-state index in [2.05, 4.69) is 0 Å². The first-order valence-electron chi connectivity index (χ1n) is 6.14. The molecule has 0 fully saturated rings. The van der Waals surface area contributed by atoms with E-state index in [1.165, 1.54) is 0 Å². The van der Waals surface area contributed by atoms with Gasteiger partial charge in [-0.15, -0.1) is 0 Å². The predicted octanol–water partition coefficient (Wildman–Crippen LogP) is 1.85. The van der Waals surface area contributed by atoms with Gasteiger partial charge in [0, 0.05) is 0 Å². The smallest absolute Gasteiger partial charge is 0.323 e. The van der Waals surface area contributed by atoms with Gasteiger partial charge in [-0.2, -0.15) is 0 Å². The van der Waals surface area contributed by atoms with Crippen molar-refractivity contribution < 1.29 is 14.6 Å². The van der Waals surface area contributed by atoms with E-state index < -0.39 is 6.04 Å². The predicted molar refractivity (Wildman–Crippen MR) is 70.2 cm³/mol. The molecule has 0 saturated carbocycles. The Balaban J connectivity index is 2.52. The van der Waals surface area contributed by atoms with Crippen molar-refractivity contribution in [2.24, 2.45) is 11.7 Å². The zero-order chi connectivity index (χ0) is 13.7. The fraction of sp³-hybridized carbons (Fsp3) is 0.500. The number of carbonyl (C=O) groups is 1. The first-order chi connectivity index (χ1) is 8.40. The monoisotopic (exact) mass is 251 g/mol. The van der Waals surface area contributed by atoms with Gasteiger partial charge in [-0.25, -0.2) is 0 Å². The SMILES string of the molecule is CC(C)C(C)OC(=O)[C@H](N)Cc1ccc(O)cc1. The van der Waals surface area contributed by atoms with Crippen LogP contribution in [0.2, 0.25) is 0 Å². The minimum absolute atomic E-state index is 0.136. The minimum Gasteiger partial charge on any atom is -0.508 e. The van der Waals surface area contributed by atoms with Gasteiger partial charge in [0.15, 0.2) is 0 Å². The van der Waals surface area contributed by atoms with E-state index in [1.54, 1.807) is 24.3 Å². The van der Waals surface area contributed by atoms with Gasteiger partial charge in [-0.05, 0) is 37.0 Å². The van der Waals surface area contributed by atoms with E-state index in [9.17, 15) is 4.79 Å². The summed E-state index contributed by atoms with van der Waals surface area (Å²) in [5, 5.41) is 9.16. The minimum atomic E-state index is -0.671. The molecule has 0 heterocycles. The Labute approximate surface area is 108 Å². The van der Waals surface area contributed by atoms with Crippen molar-refractivity contribution in [2.45, 2.75) is 39.3 Å². The molecular weight excluding hydrogens is 230 g/mol. The van der Waals surface area contributed by atoms with Gasteiger partial charge in [0.05, 0.1) is 0 Å². The zero-order valence-electron chi connectivity index (χ0n) is 11.1. The first-order valence-corrected chi connectivity index (χ1v) is 6.14. The highest BCUT2D eigenvalue weighted by molar-refractivity contribution is 5.76. The van der Waals surface area contributed by atoms with Crippen LogP contribution in [0, 0.1) is 5.92 Å². The number of esters is 1. The van der Waals surface area contributed by atoms with Crippen LogP contribution in [0.25, 0.3) is 0 Å². The van der Waals surface area contributed by atoms with Crippen molar-refractivity contribution in [3.63, 3.8) is 0 Å². The maximum atomic E-state index is 11.7. The highest BCUT2D eigenvalue weighted by Crippen LogP contribution is 2.12. The van der Waals surface area contributed by atoms with Crippen molar-refractivity contribution in [1.29, 1.82) is 0 Å². The molecule has 1 unspecified atom stereocenters. The maximum Gasteiger partial charge on any atom is 0.323 e. The van der Waals surface area contributed by atoms with E-state index in [0.717, 1.165) is 5.56 Å². The second-order valence-corrected chi connectivity index (χ2v) is 4.86. The summed E-state index contributed by atoms with van der Waals surface area (Å²) in [6.45, 7) is 5.84. The van der Waals surface area contributed by atoms with Gasteiger partial charge in [0.1, 0.15) is 17.9 Å². The van der Waals surface area contributed by atoms with E-state index in [0.29, 0.717) is 6.42 Å². The summed E-state index contributed by atoms with van der Waals surface area (Å²) in [5.74, 6) is 0.0856. The molecule has 18 heavy (non-hydrogen) atoms. The quantitative estimate of drug-likeness (QED) is 0.783. The Kier molecular flexibility index (Phi) is 5.16. The third kappa shape index (κ3) is 4.37. The van der Waals surface area contributed by atoms with Crippen LogP contribution >= 0.6 is 0 Å². The molecular formula is C14H21NO3. The van der Waals surface area contributed by atoms with Crippen LogP contribution in [0.4, 0.5) is 0 Å². The molecule has 0 spiro atoms. The molecule has 4 heteroatoms. The Hall–Kier alpha value is -1.55. The third-order valence-corrected chi connectivity index (χ3v) is 2.94. The molecule has 2 atom stereocenters. The molecule has 0 aliphatic carbocycles. The van der Waals surface area contributed by atoms with Gasteiger partial charge in [-0.1, -0.05) is 26.0 Å². The van der Waals surface area contributed by atoms with Gasteiger partial charge in [0.25, 0.3) is 0 Å². The summed E-state index contributed by atoms with van der Waals surface area (Å²) in [5.41, 5.74) is 6.70. The summed E-state index contributed by atoms with van der Waals surface area (Å²) in [7, 11) is 0. The normalized spacial score (nSPS) is 14.3. The molecule has 100 valence electrons. The molecule has 0 aromatic heterocycles. The Morgan fingerprint density at radius 2 is 1.83 bits per heavy atom. The summed E-state index contributed by atoms with van der Waals surface area (Å²) in [6.07, 6.45) is 0.271. The molecule has 4 nitrogen and oxygen atoms in total. The molecule has 1 aromatic carbocycles. The van der Waals surface area contributed by atoms with Crippen LogP contribution in [-0.2, 0) is 16.0 Å². The fourth-order valence-corrected chi connectivity index (χ4v) is 1.38.